The van der Waals surface area contributed by atoms with Crippen LogP contribution in [-0.2, 0) is 22.3 Å². The van der Waals surface area contributed by atoms with Crippen LogP contribution < -0.4 is 22.9 Å². The van der Waals surface area contributed by atoms with Gasteiger partial charge in [-0.05, 0) is 204 Å². The molecule has 4 unspecified atom stereocenters. The standard InChI is InChI=1S/C60H66N8/c1-34-17-13-21-47(38(34)5)57(9,61)53-51-30-29-45(67-51)32-44-26-25-42(65-44)31-43-27-28-46(66-43)33-52-54(58(10,62)48-22-14-18-35(2)39(48)6)55(59(11,63)49-23-15-19-36(3)40(49)7)56(53)68(52)60(12,64)50-24-16-20-37(4)41(50)8/h13-33,65H,61-64H2,1-12H3. The number of benzene rings is 4. The van der Waals surface area contributed by atoms with Crippen LogP contribution in [0.5, 0.6) is 0 Å². The molecule has 0 radical (unpaired) electrons. The molecule has 0 spiro atoms. The second kappa shape index (κ2) is 16.5. The number of hydrogen-bond acceptors (Lipinski definition) is 6. The van der Waals surface area contributed by atoms with Crippen molar-refractivity contribution in [2.24, 2.45) is 22.9 Å². The molecule has 0 aliphatic carbocycles. The molecule has 8 nitrogen and oxygen atoms in total. The molecule has 346 valence electrons. The number of aromatic nitrogens is 4. The second-order valence-corrected chi connectivity index (χ2v) is 20.3. The van der Waals surface area contributed by atoms with Gasteiger partial charge in [-0.3, -0.25) is 0 Å². The van der Waals surface area contributed by atoms with Gasteiger partial charge < -0.3 is 32.5 Å². The Balaban J connectivity index is 1.69. The summed E-state index contributed by atoms with van der Waals surface area (Å²) in [6.45, 7) is 25.6. The fourth-order valence-corrected chi connectivity index (χ4v) is 11.1. The quantitative estimate of drug-likeness (QED) is 0.102. The summed E-state index contributed by atoms with van der Waals surface area (Å²) in [4.78, 5) is 14.4. The van der Waals surface area contributed by atoms with E-state index in [1.165, 1.54) is 0 Å². The molecule has 8 heteroatoms. The first-order valence-corrected chi connectivity index (χ1v) is 23.7. The molecule has 0 amide bonds. The van der Waals surface area contributed by atoms with E-state index in [1.54, 1.807) is 0 Å². The fraction of sp³-hybridized carbons (Fsp3) is 0.267. The molecule has 4 aromatic carbocycles. The summed E-state index contributed by atoms with van der Waals surface area (Å²) < 4.78 is 2.29. The van der Waals surface area contributed by atoms with Crippen LogP contribution in [0.3, 0.4) is 0 Å². The number of aromatic amines is 1. The number of hydrogen-bond donors (Lipinski definition) is 5. The minimum absolute atomic E-state index is 0.693. The summed E-state index contributed by atoms with van der Waals surface area (Å²) in [6.07, 6.45) is 8.25. The maximum Gasteiger partial charge on any atom is 0.117 e. The predicted octanol–water partition coefficient (Wildman–Crippen LogP) is 11.9. The third-order valence-corrected chi connectivity index (χ3v) is 15.3. The summed E-state index contributed by atoms with van der Waals surface area (Å²) >= 11 is 0. The Morgan fingerprint density at radius 2 is 0.809 bits per heavy atom. The Morgan fingerprint density at radius 1 is 0.426 bits per heavy atom. The van der Waals surface area contributed by atoms with Crippen LogP contribution in [0.2, 0.25) is 0 Å². The molecule has 0 saturated carbocycles. The lowest BCUT2D eigenvalue weighted by Gasteiger charge is -2.37. The van der Waals surface area contributed by atoms with Gasteiger partial charge in [0.1, 0.15) is 5.66 Å². The topological polar surface area (TPSA) is 151 Å². The van der Waals surface area contributed by atoms with Gasteiger partial charge in [0, 0.05) is 27.7 Å². The first-order chi connectivity index (χ1) is 32.0. The largest absolute Gasteiger partial charge is 0.355 e. The second-order valence-electron chi connectivity index (χ2n) is 20.3. The van der Waals surface area contributed by atoms with E-state index < -0.39 is 22.3 Å². The van der Waals surface area contributed by atoms with E-state index in [2.05, 4.69) is 214 Å². The van der Waals surface area contributed by atoms with Gasteiger partial charge >= 0.3 is 0 Å². The Labute approximate surface area is 401 Å². The lowest BCUT2D eigenvalue weighted by Crippen LogP contribution is -2.44. The van der Waals surface area contributed by atoms with Gasteiger partial charge in [0.2, 0.25) is 0 Å². The van der Waals surface area contributed by atoms with Crippen molar-refractivity contribution in [1.82, 2.24) is 19.5 Å². The zero-order chi connectivity index (χ0) is 48.8. The number of rotatable bonds is 8. The van der Waals surface area contributed by atoms with Crippen LogP contribution in [0, 0.1) is 55.4 Å². The Kier molecular flexibility index (Phi) is 11.3. The number of nitrogens with zero attached hydrogens (tertiary/aromatic N) is 3. The predicted molar refractivity (Wildman–Crippen MR) is 285 cm³/mol. The molecule has 9 rings (SSSR count). The summed E-state index contributed by atoms with van der Waals surface area (Å²) in [6, 6.07) is 35.9. The first-order valence-electron chi connectivity index (χ1n) is 23.7. The van der Waals surface area contributed by atoms with E-state index in [1.807, 2.05) is 6.08 Å². The van der Waals surface area contributed by atoms with E-state index in [0.717, 1.165) is 123 Å². The highest BCUT2D eigenvalue weighted by Crippen LogP contribution is 2.50. The van der Waals surface area contributed by atoms with Crippen molar-refractivity contribution in [3.8, 4) is 0 Å². The van der Waals surface area contributed by atoms with Gasteiger partial charge in [0.05, 0.1) is 50.4 Å². The van der Waals surface area contributed by atoms with E-state index in [-0.39, 0.29) is 0 Å². The van der Waals surface area contributed by atoms with Crippen LogP contribution >= 0.6 is 0 Å². The molecule has 68 heavy (non-hydrogen) atoms. The molecule has 8 bridgehead atoms. The highest BCUT2D eigenvalue weighted by molar-refractivity contribution is 5.89. The molecule has 2 aliphatic rings. The van der Waals surface area contributed by atoms with Crippen molar-refractivity contribution in [3.05, 3.63) is 209 Å². The van der Waals surface area contributed by atoms with Crippen molar-refractivity contribution in [1.29, 1.82) is 0 Å². The smallest absolute Gasteiger partial charge is 0.117 e. The first kappa shape index (κ1) is 46.4. The minimum atomic E-state index is -1.27. The normalized spacial score (nSPS) is 16.0. The maximum absolute atomic E-state index is 8.32. The van der Waals surface area contributed by atoms with Gasteiger partial charge in [0.15, 0.2) is 0 Å². The van der Waals surface area contributed by atoms with Gasteiger partial charge in [-0.25, -0.2) is 9.97 Å². The van der Waals surface area contributed by atoms with E-state index in [4.69, 9.17) is 32.9 Å². The Morgan fingerprint density at radius 3 is 1.29 bits per heavy atom. The average Bonchev–Trinajstić information content (AvgIpc) is 4.09. The molecule has 2 aliphatic heterocycles. The van der Waals surface area contributed by atoms with Gasteiger partial charge in [0.25, 0.3) is 0 Å². The highest BCUT2D eigenvalue weighted by Gasteiger charge is 2.46. The lowest BCUT2D eigenvalue weighted by molar-refractivity contribution is 0.428. The van der Waals surface area contributed by atoms with Crippen LogP contribution in [0.25, 0.3) is 46.4 Å². The monoisotopic (exact) mass is 899 g/mol. The molecule has 4 atom stereocenters. The van der Waals surface area contributed by atoms with Gasteiger partial charge in [-0.1, -0.05) is 72.8 Å². The van der Waals surface area contributed by atoms with Crippen molar-refractivity contribution in [2.75, 3.05) is 0 Å². The molecular formula is C60H66N8. The van der Waals surface area contributed by atoms with Crippen LogP contribution in [-0.4, -0.2) is 19.5 Å². The maximum atomic E-state index is 8.32. The zero-order valence-electron chi connectivity index (χ0n) is 41.8. The SMILES string of the molecule is Cc1cccc(C(C)(N)c2c(C(C)(N)c3cccc(C)c3C)c3c(C(C)(N)c4cccc(C)c4C)c4nc(cc5ccc(cc6nc(cc2n3C(C)(N)c2cccc(C)c2C)C=C6)[nH]5)C=C4)c1C. The fourth-order valence-electron chi connectivity index (χ4n) is 11.1. The molecule has 3 aromatic heterocycles. The summed E-state index contributed by atoms with van der Waals surface area (Å²) in [5, 5.41) is 0. The van der Waals surface area contributed by atoms with Crippen molar-refractivity contribution < 1.29 is 0 Å². The van der Waals surface area contributed by atoms with Gasteiger partial charge in [-0.15, -0.1) is 0 Å². The van der Waals surface area contributed by atoms with E-state index in [9.17, 15) is 0 Å². The van der Waals surface area contributed by atoms with Crippen molar-refractivity contribution in [3.63, 3.8) is 0 Å². The lowest BCUT2D eigenvalue weighted by atomic mass is 9.72. The number of aryl methyl sites for hydroxylation is 4. The van der Waals surface area contributed by atoms with Crippen molar-refractivity contribution >= 4 is 46.4 Å². The molecule has 0 saturated heterocycles. The molecule has 7 aromatic rings. The minimum Gasteiger partial charge on any atom is -0.355 e. The Bertz CT molecular complexity index is 3440. The third kappa shape index (κ3) is 7.47. The van der Waals surface area contributed by atoms with Crippen molar-refractivity contribution in [2.45, 2.75) is 105 Å². The van der Waals surface area contributed by atoms with E-state index >= 15 is 0 Å². The number of H-pyrrole nitrogens is 1. The molecule has 5 heterocycles. The molecular weight excluding hydrogens is 833 g/mol. The van der Waals surface area contributed by atoms with Crippen LogP contribution in [0.1, 0.15) is 134 Å². The molecule has 9 N–H and O–H groups in total. The highest BCUT2D eigenvalue weighted by atomic mass is 15.2. The Hall–Kier alpha value is -6.68. The number of nitrogens with one attached hydrogen (secondary N) is 1. The zero-order valence-corrected chi connectivity index (χ0v) is 41.8. The molecule has 0 fully saturated rings. The number of fused-ring (bicyclic) bond motifs is 8. The third-order valence-electron chi connectivity index (χ3n) is 15.3. The summed E-state index contributed by atoms with van der Waals surface area (Å²) in [7, 11) is 0. The van der Waals surface area contributed by atoms with Crippen LogP contribution in [0.4, 0.5) is 0 Å². The average molecular weight is 899 g/mol. The number of nitrogens with two attached hydrogens (primary N) is 4. The van der Waals surface area contributed by atoms with Crippen LogP contribution in [0.15, 0.2) is 103 Å². The summed E-state index contributed by atoms with van der Waals surface area (Å²) in [5.74, 6) is 0. The summed E-state index contributed by atoms with van der Waals surface area (Å²) in [5.41, 5.74) is 49.5. The van der Waals surface area contributed by atoms with Gasteiger partial charge in [-0.2, -0.15) is 0 Å². The van der Waals surface area contributed by atoms with E-state index in [0.29, 0.717) is 5.69 Å².